The van der Waals surface area contributed by atoms with E-state index in [4.69, 9.17) is 0 Å². The molecule has 0 radical (unpaired) electrons. The van der Waals surface area contributed by atoms with E-state index in [1.54, 1.807) is 17.0 Å². The van der Waals surface area contributed by atoms with Crippen LogP contribution in [-0.2, 0) is 0 Å². The first-order chi connectivity index (χ1) is 9.66. The summed E-state index contributed by atoms with van der Waals surface area (Å²) in [7, 11) is 0. The van der Waals surface area contributed by atoms with Gasteiger partial charge in [-0.1, -0.05) is 12.1 Å². The minimum Gasteiger partial charge on any atom is -0.337 e. The van der Waals surface area contributed by atoms with Crippen molar-refractivity contribution in [2.24, 2.45) is 5.92 Å². The molecule has 20 heavy (non-hydrogen) atoms. The summed E-state index contributed by atoms with van der Waals surface area (Å²) in [6.45, 7) is 2.34. The highest BCUT2D eigenvalue weighted by molar-refractivity contribution is 5.98. The lowest BCUT2D eigenvalue weighted by Crippen LogP contribution is -2.41. The van der Waals surface area contributed by atoms with E-state index in [-0.39, 0.29) is 17.2 Å². The lowest BCUT2D eigenvalue weighted by molar-refractivity contribution is -0.385. The first kappa shape index (κ1) is 13.1. The van der Waals surface area contributed by atoms with E-state index in [0.29, 0.717) is 25.0 Å². The van der Waals surface area contributed by atoms with Crippen LogP contribution in [0.1, 0.15) is 23.2 Å². The summed E-state index contributed by atoms with van der Waals surface area (Å²) in [5.74, 6) is 0.254. The number of nitrogens with zero attached hydrogens (tertiary/aromatic N) is 2. The molecule has 1 N–H and O–H groups in total. The number of amides is 1. The molecule has 2 heterocycles. The Morgan fingerprint density at radius 3 is 2.90 bits per heavy atom. The molecule has 0 bridgehead atoms. The molecule has 2 atom stereocenters. The van der Waals surface area contributed by atoms with Crippen LogP contribution in [0.5, 0.6) is 0 Å². The monoisotopic (exact) mass is 275 g/mol. The molecule has 0 aromatic heterocycles. The quantitative estimate of drug-likeness (QED) is 0.654. The molecular weight excluding hydrogens is 258 g/mol. The number of nitrogens with one attached hydrogen (secondary N) is 1. The summed E-state index contributed by atoms with van der Waals surface area (Å²) >= 11 is 0. The second-order valence-electron chi connectivity index (χ2n) is 5.45. The maximum Gasteiger partial charge on any atom is 0.282 e. The van der Waals surface area contributed by atoms with Crippen molar-refractivity contribution >= 4 is 11.6 Å². The molecule has 2 fully saturated rings. The normalized spacial score (nSPS) is 25.3. The molecule has 6 nitrogen and oxygen atoms in total. The number of piperidine rings is 1. The maximum atomic E-state index is 12.5. The summed E-state index contributed by atoms with van der Waals surface area (Å²) in [5.41, 5.74) is 0.0801. The third kappa shape index (κ3) is 2.27. The third-order valence-corrected chi connectivity index (χ3v) is 4.22. The van der Waals surface area contributed by atoms with Crippen LogP contribution in [0.3, 0.4) is 0 Å². The van der Waals surface area contributed by atoms with Gasteiger partial charge < -0.3 is 10.2 Å². The Bertz CT molecular complexity index is 532. The molecule has 2 aliphatic rings. The second kappa shape index (κ2) is 5.20. The van der Waals surface area contributed by atoms with Crippen molar-refractivity contribution in [2.45, 2.75) is 18.9 Å². The van der Waals surface area contributed by atoms with Gasteiger partial charge in [-0.15, -0.1) is 0 Å². The average Bonchev–Trinajstić information content (AvgIpc) is 2.90. The predicted molar refractivity (Wildman–Crippen MR) is 73.5 cm³/mol. The van der Waals surface area contributed by atoms with E-state index in [1.807, 2.05) is 0 Å². The van der Waals surface area contributed by atoms with Crippen LogP contribution in [0.25, 0.3) is 0 Å². The minimum atomic E-state index is -0.491. The van der Waals surface area contributed by atoms with Crippen molar-refractivity contribution in [2.75, 3.05) is 19.6 Å². The maximum absolute atomic E-state index is 12.5. The number of rotatable bonds is 2. The first-order valence-electron chi connectivity index (χ1n) is 6.93. The molecule has 6 heteroatoms. The largest absolute Gasteiger partial charge is 0.337 e. The lowest BCUT2D eigenvalue weighted by atomic mass is 9.94. The van der Waals surface area contributed by atoms with E-state index >= 15 is 0 Å². The van der Waals surface area contributed by atoms with Gasteiger partial charge in [0.25, 0.3) is 11.6 Å². The number of carbonyl (C=O) groups excluding carboxylic acids is 1. The molecule has 0 saturated carbocycles. The molecule has 1 amide bonds. The number of carbonyl (C=O) groups is 1. The third-order valence-electron chi connectivity index (χ3n) is 4.22. The van der Waals surface area contributed by atoms with Crippen molar-refractivity contribution < 1.29 is 9.72 Å². The number of nitro groups is 1. The first-order valence-corrected chi connectivity index (χ1v) is 6.93. The molecule has 2 aliphatic heterocycles. The van der Waals surface area contributed by atoms with Crippen molar-refractivity contribution in [3.8, 4) is 0 Å². The molecule has 2 saturated heterocycles. The molecule has 0 aliphatic carbocycles. The topological polar surface area (TPSA) is 75.5 Å². The fourth-order valence-corrected chi connectivity index (χ4v) is 3.20. The fourth-order valence-electron chi connectivity index (χ4n) is 3.20. The van der Waals surface area contributed by atoms with Crippen LogP contribution < -0.4 is 5.32 Å². The Morgan fingerprint density at radius 2 is 2.15 bits per heavy atom. The Balaban J connectivity index is 1.81. The van der Waals surface area contributed by atoms with Gasteiger partial charge >= 0.3 is 0 Å². The smallest absolute Gasteiger partial charge is 0.282 e. The molecule has 2 unspecified atom stereocenters. The average molecular weight is 275 g/mol. The Morgan fingerprint density at radius 1 is 1.35 bits per heavy atom. The molecular formula is C14H17N3O3. The number of fused-ring (bicyclic) bond motifs is 1. The van der Waals surface area contributed by atoms with Crippen LogP contribution in [-0.4, -0.2) is 41.4 Å². The summed E-state index contributed by atoms with van der Waals surface area (Å²) in [6.07, 6.45) is 2.26. The van der Waals surface area contributed by atoms with Gasteiger partial charge in [0.2, 0.25) is 0 Å². The van der Waals surface area contributed by atoms with E-state index in [0.717, 1.165) is 19.4 Å². The van der Waals surface area contributed by atoms with Crippen LogP contribution in [0.2, 0.25) is 0 Å². The van der Waals surface area contributed by atoms with Crippen molar-refractivity contribution in [1.29, 1.82) is 0 Å². The highest BCUT2D eigenvalue weighted by Crippen LogP contribution is 2.28. The molecule has 1 aromatic carbocycles. The Hall–Kier alpha value is -1.95. The summed E-state index contributed by atoms with van der Waals surface area (Å²) in [6, 6.07) is 6.52. The molecule has 1 aromatic rings. The zero-order valence-electron chi connectivity index (χ0n) is 11.1. The van der Waals surface area contributed by atoms with E-state index in [9.17, 15) is 14.9 Å². The van der Waals surface area contributed by atoms with Crippen molar-refractivity contribution in [1.82, 2.24) is 10.2 Å². The number of hydrogen-bond acceptors (Lipinski definition) is 4. The Labute approximate surface area is 116 Å². The van der Waals surface area contributed by atoms with Gasteiger partial charge in [-0.05, 0) is 31.4 Å². The zero-order chi connectivity index (χ0) is 14.1. The zero-order valence-corrected chi connectivity index (χ0v) is 11.1. The SMILES string of the molecule is O=C(c1ccccc1[N+](=O)[O-])N1CC2CCCNC2C1. The second-order valence-corrected chi connectivity index (χ2v) is 5.45. The van der Waals surface area contributed by atoms with E-state index < -0.39 is 4.92 Å². The number of hydrogen-bond donors (Lipinski definition) is 1. The summed E-state index contributed by atoms with van der Waals surface area (Å²) < 4.78 is 0. The predicted octanol–water partition coefficient (Wildman–Crippen LogP) is 1.42. The number of likely N-dealkylation sites (tertiary alicyclic amines) is 1. The molecule has 106 valence electrons. The molecule has 3 rings (SSSR count). The van der Waals surface area contributed by atoms with E-state index in [2.05, 4.69) is 5.32 Å². The standard InChI is InChI=1S/C14H17N3O3/c18-14(11-5-1-2-6-13(11)17(19)20)16-8-10-4-3-7-15-12(10)9-16/h1-2,5-6,10,12,15H,3-4,7-9H2. The number of nitro benzene ring substituents is 1. The highest BCUT2D eigenvalue weighted by atomic mass is 16.6. The van der Waals surface area contributed by atoms with Crippen molar-refractivity contribution in [3.63, 3.8) is 0 Å². The summed E-state index contributed by atoms with van der Waals surface area (Å²) in [4.78, 5) is 24.8. The number of para-hydroxylation sites is 1. The van der Waals surface area contributed by atoms with Gasteiger partial charge in [-0.25, -0.2) is 0 Å². The highest BCUT2D eigenvalue weighted by Gasteiger charge is 2.37. The van der Waals surface area contributed by atoms with Gasteiger partial charge in [-0.2, -0.15) is 0 Å². The van der Waals surface area contributed by atoms with Crippen molar-refractivity contribution in [3.05, 3.63) is 39.9 Å². The van der Waals surface area contributed by atoms with Crippen LogP contribution >= 0.6 is 0 Å². The van der Waals surface area contributed by atoms with Gasteiger partial charge in [0.1, 0.15) is 5.56 Å². The van der Waals surface area contributed by atoms with Crippen LogP contribution in [0.4, 0.5) is 5.69 Å². The van der Waals surface area contributed by atoms with Gasteiger partial charge in [0.15, 0.2) is 0 Å². The fraction of sp³-hybridized carbons (Fsp3) is 0.500. The molecule has 0 spiro atoms. The van der Waals surface area contributed by atoms with Crippen LogP contribution in [0, 0.1) is 16.0 Å². The lowest BCUT2D eigenvalue weighted by Gasteiger charge is -2.24. The summed E-state index contributed by atoms with van der Waals surface area (Å²) in [5, 5.41) is 14.4. The minimum absolute atomic E-state index is 0.111. The van der Waals surface area contributed by atoms with Crippen LogP contribution in [0.15, 0.2) is 24.3 Å². The van der Waals surface area contributed by atoms with Gasteiger partial charge in [0.05, 0.1) is 4.92 Å². The van der Waals surface area contributed by atoms with E-state index in [1.165, 1.54) is 12.1 Å². The Kier molecular flexibility index (Phi) is 3.40. The van der Waals surface area contributed by atoms with Gasteiger partial charge in [-0.3, -0.25) is 14.9 Å². The number of benzene rings is 1. The van der Waals surface area contributed by atoms with Gasteiger partial charge in [0, 0.05) is 25.2 Å².